The Hall–Kier alpha value is -0.590. The summed E-state index contributed by atoms with van der Waals surface area (Å²) >= 11 is 3.57. The van der Waals surface area contributed by atoms with Crippen molar-refractivity contribution < 1.29 is 4.79 Å². The molecule has 1 amide bonds. The molecule has 2 rings (SSSR count). The molecule has 0 aromatic carbocycles. The molecule has 2 N–H and O–H groups in total. The van der Waals surface area contributed by atoms with Gasteiger partial charge in [0.25, 0.3) is 0 Å². The number of thioether (sulfide) groups is 1. The van der Waals surface area contributed by atoms with E-state index in [1.54, 1.807) is 11.3 Å². The highest BCUT2D eigenvalue weighted by Crippen LogP contribution is 2.11. The lowest BCUT2D eigenvalue weighted by atomic mass is 10.2. The molecule has 0 spiro atoms. The summed E-state index contributed by atoms with van der Waals surface area (Å²) in [7, 11) is 0. The Kier molecular flexibility index (Phi) is 5.46. The second kappa shape index (κ2) is 7.11. The molecule has 100 valence electrons. The molecule has 1 unspecified atom stereocenters. The monoisotopic (exact) mass is 285 g/mol. The largest absolute Gasteiger partial charge is 0.350 e. The van der Waals surface area contributed by atoms with Gasteiger partial charge < -0.3 is 10.6 Å². The van der Waals surface area contributed by atoms with Crippen molar-refractivity contribution in [3.63, 3.8) is 0 Å². The highest BCUT2D eigenvalue weighted by atomic mass is 32.2. The molecule has 1 aromatic heterocycles. The number of carbonyl (C=O) groups excluding carboxylic acids is 1. The van der Waals surface area contributed by atoms with Gasteiger partial charge in [-0.15, -0.1) is 11.3 Å². The van der Waals surface area contributed by atoms with Crippen LogP contribution >= 0.6 is 23.1 Å². The van der Waals surface area contributed by atoms with E-state index in [0.717, 1.165) is 35.2 Å². The minimum Gasteiger partial charge on any atom is -0.350 e. The molecule has 18 heavy (non-hydrogen) atoms. The Bertz CT molecular complexity index is 388. The van der Waals surface area contributed by atoms with Gasteiger partial charge in [0.05, 0.1) is 17.2 Å². The van der Waals surface area contributed by atoms with Gasteiger partial charge in [-0.2, -0.15) is 11.8 Å². The zero-order chi connectivity index (χ0) is 12.8. The number of thiazole rings is 1. The molecule has 1 atom stereocenters. The van der Waals surface area contributed by atoms with E-state index >= 15 is 0 Å². The van der Waals surface area contributed by atoms with E-state index in [4.69, 9.17) is 0 Å². The van der Waals surface area contributed by atoms with Gasteiger partial charge in [-0.1, -0.05) is 6.92 Å². The number of nitrogens with zero attached hydrogens (tertiary/aromatic N) is 1. The number of aromatic nitrogens is 1. The molecule has 6 heteroatoms. The SMILES string of the molecule is CCc1nc(CNC(=O)CC2CSCCN2)cs1. The number of nitrogens with one attached hydrogen (secondary N) is 2. The molecule has 4 nitrogen and oxygen atoms in total. The van der Waals surface area contributed by atoms with Crippen molar-refractivity contribution in [2.45, 2.75) is 32.4 Å². The molecule has 1 aromatic rings. The van der Waals surface area contributed by atoms with E-state index in [-0.39, 0.29) is 5.91 Å². The molecule has 1 fully saturated rings. The number of rotatable bonds is 5. The van der Waals surface area contributed by atoms with Crippen LogP contribution in [0.2, 0.25) is 0 Å². The topological polar surface area (TPSA) is 54.0 Å². The summed E-state index contributed by atoms with van der Waals surface area (Å²) in [4.78, 5) is 16.2. The van der Waals surface area contributed by atoms with Crippen LogP contribution in [0.3, 0.4) is 0 Å². The average Bonchev–Trinajstić information content (AvgIpc) is 2.85. The maximum atomic E-state index is 11.8. The lowest BCUT2D eigenvalue weighted by molar-refractivity contribution is -0.121. The fraction of sp³-hybridized carbons (Fsp3) is 0.667. The number of hydrogen-bond acceptors (Lipinski definition) is 5. The summed E-state index contributed by atoms with van der Waals surface area (Å²) in [5.74, 6) is 2.29. The highest BCUT2D eigenvalue weighted by molar-refractivity contribution is 7.99. The normalized spacial score (nSPS) is 19.7. The Morgan fingerprint density at radius 2 is 2.56 bits per heavy atom. The lowest BCUT2D eigenvalue weighted by Crippen LogP contribution is -2.41. The predicted octanol–water partition coefficient (Wildman–Crippen LogP) is 1.42. The van der Waals surface area contributed by atoms with E-state index < -0.39 is 0 Å². The van der Waals surface area contributed by atoms with E-state index in [9.17, 15) is 4.79 Å². The first-order valence-electron chi connectivity index (χ1n) is 6.29. The summed E-state index contributed by atoms with van der Waals surface area (Å²) in [5.41, 5.74) is 0.969. The first-order valence-corrected chi connectivity index (χ1v) is 8.32. The Labute approximate surface area is 116 Å². The third-order valence-corrected chi connectivity index (χ3v) is 4.97. The van der Waals surface area contributed by atoms with Crippen molar-refractivity contribution in [1.29, 1.82) is 0 Å². The van der Waals surface area contributed by atoms with Gasteiger partial charge in [0.15, 0.2) is 0 Å². The minimum absolute atomic E-state index is 0.112. The summed E-state index contributed by atoms with van der Waals surface area (Å²) < 4.78 is 0. The minimum atomic E-state index is 0.112. The second-order valence-electron chi connectivity index (χ2n) is 4.29. The standard InChI is InChI=1S/C12H19N3OS2/c1-2-12-15-10(8-18-12)6-14-11(16)5-9-7-17-4-3-13-9/h8-9,13H,2-7H2,1H3,(H,14,16). The fourth-order valence-electron chi connectivity index (χ4n) is 1.83. The Morgan fingerprint density at radius 3 is 3.22 bits per heavy atom. The van der Waals surface area contributed by atoms with Gasteiger partial charge in [-0.25, -0.2) is 4.98 Å². The quantitative estimate of drug-likeness (QED) is 0.859. The predicted molar refractivity (Wildman–Crippen MR) is 77.1 cm³/mol. The molecule has 1 saturated heterocycles. The third kappa shape index (κ3) is 4.26. The smallest absolute Gasteiger partial charge is 0.221 e. The maximum Gasteiger partial charge on any atom is 0.221 e. The van der Waals surface area contributed by atoms with E-state index in [1.807, 2.05) is 17.1 Å². The van der Waals surface area contributed by atoms with Gasteiger partial charge in [-0.3, -0.25) is 4.79 Å². The molecule has 0 saturated carbocycles. The molecule has 0 bridgehead atoms. The van der Waals surface area contributed by atoms with Crippen molar-refractivity contribution in [2.24, 2.45) is 0 Å². The number of aryl methyl sites for hydroxylation is 1. The van der Waals surface area contributed by atoms with Gasteiger partial charge in [0.2, 0.25) is 5.91 Å². The van der Waals surface area contributed by atoms with Gasteiger partial charge >= 0.3 is 0 Å². The molecule has 0 aliphatic carbocycles. The Balaban J connectivity index is 1.70. The first-order chi connectivity index (χ1) is 8.78. The van der Waals surface area contributed by atoms with Crippen LogP contribution in [0.1, 0.15) is 24.0 Å². The number of amides is 1. The summed E-state index contributed by atoms with van der Waals surface area (Å²) in [5, 5.41) is 9.46. The van der Waals surface area contributed by atoms with Crippen molar-refractivity contribution in [2.75, 3.05) is 18.1 Å². The van der Waals surface area contributed by atoms with Crippen LogP contribution in [-0.4, -0.2) is 35.0 Å². The van der Waals surface area contributed by atoms with Crippen LogP contribution in [-0.2, 0) is 17.8 Å². The Morgan fingerprint density at radius 1 is 1.67 bits per heavy atom. The van der Waals surface area contributed by atoms with Gasteiger partial charge in [-0.05, 0) is 6.42 Å². The third-order valence-electron chi connectivity index (χ3n) is 2.80. The highest BCUT2D eigenvalue weighted by Gasteiger charge is 2.16. The number of hydrogen-bond donors (Lipinski definition) is 2. The fourth-order valence-corrected chi connectivity index (χ4v) is 3.52. The summed E-state index contributed by atoms with van der Waals surface area (Å²) in [6.07, 6.45) is 1.53. The summed E-state index contributed by atoms with van der Waals surface area (Å²) in [6, 6.07) is 0.324. The van der Waals surface area contributed by atoms with Crippen molar-refractivity contribution in [1.82, 2.24) is 15.6 Å². The number of carbonyl (C=O) groups is 1. The van der Waals surface area contributed by atoms with Gasteiger partial charge in [0.1, 0.15) is 0 Å². The zero-order valence-electron chi connectivity index (χ0n) is 10.6. The van der Waals surface area contributed by atoms with Gasteiger partial charge in [0, 0.05) is 35.9 Å². The average molecular weight is 285 g/mol. The van der Waals surface area contributed by atoms with E-state index in [0.29, 0.717) is 19.0 Å². The molecule has 1 aliphatic heterocycles. The van der Waals surface area contributed by atoms with E-state index in [1.165, 1.54) is 0 Å². The van der Waals surface area contributed by atoms with Crippen molar-refractivity contribution in [3.05, 3.63) is 16.1 Å². The van der Waals surface area contributed by atoms with Crippen LogP contribution in [0.15, 0.2) is 5.38 Å². The van der Waals surface area contributed by atoms with Crippen LogP contribution in [0.25, 0.3) is 0 Å². The van der Waals surface area contributed by atoms with Crippen LogP contribution in [0.4, 0.5) is 0 Å². The van der Waals surface area contributed by atoms with Crippen LogP contribution in [0, 0.1) is 0 Å². The van der Waals surface area contributed by atoms with Crippen LogP contribution in [0.5, 0.6) is 0 Å². The molecule has 2 heterocycles. The molecular weight excluding hydrogens is 266 g/mol. The first kappa shape index (κ1) is 13.8. The van der Waals surface area contributed by atoms with Crippen molar-refractivity contribution in [3.8, 4) is 0 Å². The molecule has 0 radical (unpaired) electrons. The molecular formula is C12H19N3OS2. The summed E-state index contributed by atoms with van der Waals surface area (Å²) in [6.45, 7) is 3.65. The van der Waals surface area contributed by atoms with Crippen molar-refractivity contribution >= 4 is 29.0 Å². The molecule has 1 aliphatic rings. The van der Waals surface area contributed by atoms with Crippen LogP contribution < -0.4 is 10.6 Å². The van der Waals surface area contributed by atoms with E-state index in [2.05, 4.69) is 22.5 Å². The lowest BCUT2D eigenvalue weighted by Gasteiger charge is -2.22. The maximum absolute atomic E-state index is 11.8. The second-order valence-corrected chi connectivity index (χ2v) is 6.39. The zero-order valence-corrected chi connectivity index (χ0v) is 12.2.